The topological polar surface area (TPSA) is 56.4 Å². The fraction of sp³-hybridized carbons (Fsp3) is 0.923. The Bertz CT molecular complexity index is 219. The Kier molecular flexibility index (Phi) is 6.52. The van der Waals surface area contributed by atoms with Crippen LogP contribution >= 0.6 is 0 Å². The van der Waals surface area contributed by atoms with Crippen LogP contribution in [0.4, 0.5) is 0 Å². The molecule has 0 radical (unpaired) electrons. The SMILES string of the molecule is CN(C)CC1CCN(CCCCC(=N)N)CC1. The van der Waals surface area contributed by atoms with Crippen molar-refractivity contribution in [2.45, 2.75) is 32.1 Å². The maximum Gasteiger partial charge on any atom is 0.0905 e. The first-order valence-electron chi connectivity index (χ1n) is 6.78. The predicted molar refractivity (Wildman–Crippen MR) is 73.5 cm³/mol. The van der Waals surface area contributed by atoms with Gasteiger partial charge in [-0.25, -0.2) is 0 Å². The van der Waals surface area contributed by atoms with Gasteiger partial charge in [0.2, 0.25) is 0 Å². The highest BCUT2D eigenvalue weighted by molar-refractivity contribution is 5.76. The van der Waals surface area contributed by atoms with E-state index in [-0.39, 0.29) is 0 Å². The minimum atomic E-state index is 0.328. The standard InChI is InChI=1S/C13H28N4/c1-16(2)11-12-6-9-17(10-7-12)8-4-3-5-13(14)15/h12H,3-11H2,1-2H3,(H3,14,15). The van der Waals surface area contributed by atoms with Gasteiger partial charge in [-0.05, 0) is 65.3 Å². The van der Waals surface area contributed by atoms with Crippen molar-refractivity contribution in [3.05, 3.63) is 0 Å². The van der Waals surface area contributed by atoms with Gasteiger partial charge in [0.1, 0.15) is 0 Å². The molecule has 0 aromatic rings. The summed E-state index contributed by atoms with van der Waals surface area (Å²) in [4.78, 5) is 4.86. The van der Waals surface area contributed by atoms with E-state index in [4.69, 9.17) is 11.1 Å². The molecule has 1 aliphatic rings. The number of hydrogen-bond acceptors (Lipinski definition) is 3. The minimum absolute atomic E-state index is 0.328. The zero-order chi connectivity index (χ0) is 12.7. The van der Waals surface area contributed by atoms with E-state index in [1.165, 1.54) is 45.4 Å². The predicted octanol–water partition coefficient (Wildman–Crippen LogP) is 1.37. The molecule has 3 N–H and O–H groups in total. The van der Waals surface area contributed by atoms with E-state index in [1.54, 1.807) is 0 Å². The molecule has 0 saturated carbocycles. The molecular weight excluding hydrogens is 212 g/mol. The number of hydrogen-bond donors (Lipinski definition) is 2. The van der Waals surface area contributed by atoms with Crippen LogP contribution in [0.25, 0.3) is 0 Å². The number of nitrogens with zero attached hydrogens (tertiary/aromatic N) is 2. The maximum absolute atomic E-state index is 7.17. The first-order valence-corrected chi connectivity index (χ1v) is 6.78. The molecule has 0 aromatic heterocycles. The highest BCUT2D eigenvalue weighted by Gasteiger charge is 2.18. The van der Waals surface area contributed by atoms with Crippen LogP contribution in [0.5, 0.6) is 0 Å². The van der Waals surface area contributed by atoms with Crippen molar-refractivity contribution in [2.75, 3.05) is 40.3 Å². The fourth-order valence-corrected chi connectivity index (χ4v) is 2.56. The second kappa shape index (κ2) is 7.67. The third kappa shape index (κ3) is 6.64. The Morgan fingerprint density at radius 2 is 1.94 bits per heavy atom. The highest BCUT2D eigenvalue weighted by atomic mass is 15.1. The van der Waals surface area contributed by atoms with Gasteiger partial charge in [-0.15, -0.1) is 0 Å². The van der Waals surface area contributed by atoms with E-state index in [9.17, 15) is 0 Å². The smallest absolute Gasteiger partial charge is 0.0905 e. The Morgan fingerprint density at radius 3 is 2.47 bits per heavy atom. The molecule has 4 nitrogen and oxygen atoms in total. The molecule has 1 fully saturated rings. The van der Waals surface area contributed by atoms with Crippen LogP contribution in [0, 0.1) is 11.3 Å². The van der Waals surface area contributed by atoms with Gasteiger partial charge in [0.05, 0.1) is 5.84 Å². The van der Waals surface area contributed by atoms with Crippen LogP contribution in [0.3, 0.4) is 0 Å². The van der Waals surface area contributed by atoms with Crippen LogP contribution in [-0.4, -0.2) is 55.9 Å². The molecule has 0 spiro atoms. The molecule has 17 heavy (non-hydrogen) atoms. The first-order chi connectivity index (χ1) is 8.08. The molecule has 1 heterocycles. The second-order valence-corrected chi connectivity index (χ2v) is 5.53. The molecule has 0 aliphatic carbocycles. The van der Waals surface area contributed by atoms with Crippen LogP contribution in [-0.2, 0) is 0 Å². The van der Waals surface area contributed by atoms with Gasteiger partial charge in [0, 0.05) is 13.0 Å². The summed E-state index contributed by atoms with van der Waals surface area (Å²) in [6.07, 6.45) is 5.68. The largest absolute Gasteiger partial charge is 0.388 e. The van der Waals surface area contributed by atoms with E-state index in [0.717, 1.165) is 18.8 Å². The van der Waals surface area contributed by atoms with E-state index >= 15 is 0 Å². The molecule has 4 heteroatoms. The lowest BCUT2D eigenvalue weighted by Gasteiger charge is -2.33. The summed E-state index contributed by atoms with van der Waals surface area (Å²) < 4.78 is 0. The molecule has 0 unspecified atom stereocenters. The van der Waals surface area contributed by atoms with Gasteiger partial charge < -0.3 is 15.5 Å². The lowest BCUT2D eigenvalue weighted by atomic mass is 9.96. The van der Waals surface area contributed by atoms with Crippen molar-refractivity contribution >= 4 is 5.84 Å². The minimum Gasteiger partial charge on any atom is -0.388 e. The molecule has 0 amide bonds. The molecule has 100 valence electrons. The van der Waals surface area contributed by atoms with Crippen molar-refractivity contribution in [2.24, 2.45) is 11.7 Å². The highest BCUT2D eigenvalue weighted by Crippen LogP contribution is 2.18. The zero-order valence-electron chi connectivity index (χ0n) is 11.4. The fourth-order valence-electron chi connectivity index (χ4n) is 2.56. The van der Waals surface area contributed by atoms with Gasteiger partial charge in [0.15, 0.2) is 0 Å². The summed E-state index contributed by atoms with van der Waals surface area (Å²) in [5.41, 5.74) is 5.34. The van der Waals surface area contributed by atoms with Crippen LogP contribution in [0.2, 0.25) is 0 Å². The average Bonchev–Trinajstić information content (AvgIpc) is 2.25. The van der Waals surface area contributed by atoms with Crippen molar-refractivity contribution in [1.82, 2.24) is 9.80 Å². The number of piperidine rings is 1. The number of likely N-dealkylation sites (tertiary alicyclic amines) is 1. The number of nitrogens with two attached hydrogens (primary N) is 1. The van der Waals surface area contributed by atoms with Crippen molar-refractivity contribution in [1.29, 1.82) is 5.41 Å². The lowest BCUT2D eigenvalue weighted by molar-refractivity contribution is 0.161. The molecule has 1 aliphatic heterocycles. The quantitative estimate of drug-likeness (QED) is 0.401. The lowest BCUT2D eigenvalue weighted by Crippen LogP contribution is -2.37. The third-order valence-electron chi connectivity index (χ3n) is 3.50. The Labute approximate surface area is 106 Å². The van der Waals surface area contributed by atoms with Gasteiger partial charge >= 0.3 is 0 Å². The number of unbranched alkanes of at least 4 members (excludes halogenated alkanes) is 1. The molecule has 1 rings (SSSR count). The van der Waals surface area contributed by atoms with Crippen LogP contribution < -0.4 is 5.73 Å². The Morgan fingerprint density at radius 1 is 1.29 bits per heavy atom. The van der Waals surface area contributed by atoms with Gasteiger partial charge in [-0.2, -0.15) is 0 Å². The van der Waals surface area contributed by atoms with E-state index in [0.29, 0.717) is 5.84 Å². The first kappa shape index (κ1) is 14.5. The Balaban J connectivity index is 2.04. The third-order valence-corrected chi connectivity index (χ3v) is 3.50. The monoisotopic (exact) mass is 240 g/mol. The van der Waals surface area contributed by atoms with E-state index in [2.05, 4.69) is 23.9 Å². The van der Waals surface area contributed by atoms with Gasteiger partial charge in [0.25, 0.3) is 0 Å². The maximum atomic E-state index is 7.17. The molecule has 1 saturated heterocycles. The van der Waals surface area contributed by atoms with Crippen molar-refractivity contribution < 1.29 is 0 Å². The Hall–Kier alpha value is -0.610. The van der Waals surface area contributed by atoms with Crippen LogP contribution in [0.15, 0.2) is 0 Å². The summed E-state index contributed by atoms with van der Waals surface area (Å²) >= 11 is 0. The average molecular weight is 240 g/mol. The van der Waals surface area contributed by atoms with Gasteiger partial charge in [-0.3, -0.25) is 5.41 Å². The van der Waals surface area contributed by atoms with Crippen LogP contribution in [0.1, 0.15) is 32.1 Å². The molecule has 0 atom stereocenters. The number of nitrogens with one attached hydrogen (secondary N) is 1. The zero-order valence-corrected chi connectivity index (χ0v) is 11.4. The summed E-state index contributed by atoms with van der Waals surface area (Å²) in [5.74, 6) is 1.22. The van der Waals surface area contributed by atoms with E-state index in [1.807, 2.05) is 0 Å². The summed E-state index contributed by atoms with van der Waals surface area (Å²) in [6.45, 7) is 4.91. The molecular formula is C13H28N4. The molecule has 0 aromatic carbocycles. The summed E-state index contributed by atoms with van der Waals surface area (Å²) in [5, 5.41) is 7.17. The van der Waals surface area contributed by atoms with Crippen molar-refractivity contribution in [3.8, 4) is 0 Å². The summed E-state index contributed by atoms with van der Waals surface area (Å²) in [7, 11) is 4.32. The summed E-state index contributed by atoms with van der Waals surface area (Å²) in [6, 6.07) is 0. The number of amidine groups is 1. The van der Waals surface area contributed by atoms with Gasteiger partial charge in [-0.1, -0.05) is 0 Å². The number of rotatable bonds is 7. The van der Waals surface area contributed by atoms with Crippen molar-refractivity contribution in [3.63, 3.8) is 0 Å². The normalized spacial score (nSPS) is 18.8. The molecule has 0 bridgehead atoms. The second-order valence-electron chi connectivity index (χ2n) is 5.53. The van der Waals surface area contributed by atoms with E-state index < -0.39 is 0 Å².